The first-order valence-electron chi connectivity index (χ1n) is 4.49. The van der Waals surface area contributed by atoms with Crippen molar-refractivity contribution >= 4 is 37.8 Å². The number of nitrogens with zero attached hydrogens (tertiary/aromatic N) is 1. The topological polar surface area (TPSA) is 152 Å². The Labute approximate surface area is 163 Å². The monoisotopic (exact) mass is 351 g/mol. The number of benzene rings is 1. The van der Waals surface area contributed by atoms with Crippen LogP contribution in [0.1, 0.15) is 10.4 Å². The Morgan fingerprint density at radius 3 is 1.90 bits per heavy atom. The molecule has 1 aromatic rings. The smallest absolute Gasteiger partial charge is 0.744 e. The molecule has 1 aliphatic rings. The Kier molecular flexibility index (Phi) is 6.80. The van der Waals surface area contributed by atoms with Crippen molar-refractivity contribution in [2.24, 2.45) is 0 Å². The zero-order valence-corrected chi connectivity index (χ0v) is 16.4. The van der Waals surface area contributed by atoms with Gasteiger partial charge in [0.15, 0.2) is 10.3 Å². The summed E-state index contributed by atoms with van der Waals surface area (Å²) in [5, 5.41) is 0. The predicted octanol–water partition coefficient (Wildman–Crippen LogP) is -7.41. The van der Waals surface area contributed by atoms with Gasteiger partial charge in [-0.2, -0.15) is 0 Å². The van der Waals surface area contributed by atoms with Crippen LogP contribution < -0.4 is 63.4 Å². The molecule has 2 rings (SSSR count). The van der Waals surface area contributed by atoms with Crippen LogP contribution in [0.3, 0.4) is 0 Å². The maximum atomic E-state index is 11.5. The Morgan fingerprint density at radius 2 is 1.48 bits per heavy atom. The van der Waals surface area contributed by atoms with Crippen LogP contribution in [0.2, 0.25) is 0 Å². The van der Waals surface area contributed by atoms with Gasteiger partial charge in [-0.15, -0.1) is 0 Å². The van der Waals surface area contributed by atoms with E-state index in [0.29, 0.717) is 0 Å². The van der Waals surface area contributed by atoms with Gasteiger partial charge in [-0.25, -0.2) is 21.1 Å². The molecule has 0 spiro atoms. The first-order chi connectivity index (χ1) is 8.55. The van der Waals surface area contributed by atoms with E-state index in [1.165, 1.54) is 0 Å². The van der Waals surface area contributed by atoms with Crippen molar-refractivity contribution in [3.05, 3.63) is 23.8 Å². The maximum Gasteiger partial charge on any atom is 1.00 e. The molecule has 0 aliphatic carbocycles. The molecule has 0 atom stereocenters. The Bertz CT molecular complexity index is 817. The number of ketones is 1. The van der Waals surface area contributed by atoms with Crippen molar-refractivity contribution < 1.29 is 94.6 Å². The summed E-state index contributed by atoms with van der Waals surface area (Å²) in [6, 6.07) is 2.56. The summed E-state index contributed by atoms with van der Waals surface area (Å²) in [4.78, 5) is 21.9. The molecule has 1 aliphatic heterocycles. The van der Waals surface area contributed by atoms with E-state index in [9.17, 15) is 35.5 Å². The molecule has 1 heterocycles. The Hall–Kier alpha value is 0.180. The zero-order chi connectivity index (χ0) is 14.6. The molecule has 0 saturated heterocycles. The van der Waals surface area contributed by atoms with E-state index in [2.05, 4.69) is 0 Å². The van der Waals surface area contributed by atoms with Gasteiger partial charge in [0, 0.05) is 0 Å². The van der Waals surface area contributed by atoms with Crippen LogP contribution in [0.5, 0.6) is 0 Å². The average molecular weight is 351 g/mol. The number of rotatable bonds is 2. The second-order valence-corrected chi connectivity index (χ2v) is 6.03. The van der Waals surface area contributed by atoms with Crippen LogP contribution in [-0.2, 0) is 25.2 Å². The summed E-state index contributed by atoms with van der Waals surface area (Å²) in [6.45, 7) is 0. The predicted molar refractivity (Wildman–Crippen MR) is 55.9 cm³/mol. The second kappa shape index (κ2) is 6.74. The summed E-state index contributed by atoms with van der Waals surface area (Å²) in [5.41, 5.74) is -1.64. The molecule has 0 unspecified atom stereocenters. The van der Waals surface area contributed by atoms with Crippen molar-refractivity contribution in [1.29, 1.82) is 0 Å². The van der Waals surface area contributed by atoms with E-state index in [0.717, 1.165) is 18.2 Å². The van der Waals surface area contributed by atoms with Crippen LogP contribution in [0, 0.1) is 0 Å². The van der Waals surface area contributed by atoms with E-state index in [1.807, 2.05) is 0 Å². The molecule has 0 N–H and O–H groups in total. The Balaban J connectivity index is 0.00000200. The molecule has 0 bridgehead atoms. The van der Waals surface area contributed by atoms with Crippen molar-refractivity contribution in [2.75, 3.05) is 4.31 Å². The SMILES string of the molecule is O=C1C(=O)N(S(=O)(=O)[O-])c2cccc(S(=O)(=O)[O-])c21.[Na+].[Na+]. The van der Waals surface area contributed by atoms with Crippen LogP contribution in [0.15, 0.2) is 23.1 Å². The van der Waals surface area contributed by atoms with Gasteiger partial charge in [0.25, 0.3) is 5.78 Å². The summed E-state index contributed by atoms with van der Waals surface area (Å²) < 4.78 is 65.1. The number of fused-ring (bicyclic) bond motifs is 1. The zero-order valence-electron chi connectivity index (χ0n) is 10.8. The van der Waals surface area contributed by atoms with Crippen molar-refractivity contribution in [3.8, 4) is 0 Å². The number of carbonyl (C=O) groups excluding carboxylic acids is 2. The van der Waals surface area contributed by atoms with E-state index >= 15 is 0 Å². The third-order valence-corrected chi connectivity index (χ3v) is 4.01. The molecule has 1 amide bonds. The first-order valence-corrected chi connectivity index (χ1v) is 7.26. The van der Waals surface area contributed by atoms with Crippen LogP contribution >= 0.6 is 0 Å². The van der Waals surface area contributed by atoms with Gasteiger partial charge in [0.1, 0.15) is 10.1 Å². The minimum Gasteiger partial charge on any atom is -0.744 e. The van der Waals surface area contributed by atoms with Gasteiger partial charge in [-0.1, -0.05) is 6.07 Å². The molecule has 1 aromatic carbocycles. The molecular weight excluding hydrogens is 348 g/mol. The van der Waals surface area contributed by atoms with Gasteiger partial charge in [-0.3, -0.25) is 9.59 Å². The molecule has 13 heteroatoms. The fourth-order valence-corrected chi connectivity index (χ4v) is 3.03. The molecular formula is C8H3NNa2O8S2. The molecule has 0 radical (unpaired) electrons. The van der Waals surface area contributed by atoms with Crippen molar-refractivity contribution in [2.45, 2.75) is 4.90 Å². The Morgan fingerprint density at radius 1 is 0.952 bits per heavy atom. The largest absolute Gasteiger partial charge is 1.00 e. The molecule has 0 aromatic heterocycles. The molecule has 0 saturated carbocycles. The average Bonchev–Trinajstić information content (AvgIpc) is 2.49. The number of hydrogen-bond acceptors (Lipinski definition) is 8. The number of carbonyl (C=O) groups is 2. The first kappa shape index (κ1) is 21.2. The molecule has 21 heavy (non-hydrogen) atoms. The number of amides is 1. The third-order valence-electron chi connectivity index (χ3n) is 2.32. The summed E-state index contributed by atoms with van der Waals surface area (Å²) in [5.74, 6) is -3.26. The van der Waals surface area contributed by atoms with Crippen LogP contribution in [0.25, 0.3) is 0 Å². The van der Waals surface area contributed by atoms with Gasteiger partial charge in [0.05, 0.1) is 16.1 Å². The minimum absolute atomic E-state index is 0. The van der Waals surface area contributed by atoms with Crippen LogP contribution in [0.4, 0.5) is 5.69 Å². The number of hydrogen-bond donors (Lipinski definition) is 0. The van der Waals surface area contributed by atoms with E-state index in [1.54, 1.807) is 0 Å². The summed E-state index contributed by atoms with van der Waals surface area (Å²) in [6.07, 6.45) is 0. The normalized spacial score (nSPS) is 14.3. The van der Waals surface area contributed by atoms with Crippen molar-refractivity contribution in [3.63, 3.8) is 0 Å². The maximum absolute atomic E-state index is 11.5. The van der Waals surface area contributed by atoms with E-state index in [-0.39, 0.29) is 63.4 Å². The quantitative estimate of drug-likeness (QED) is 0.289. The third kappa shape index (κ3) is 3.75. The molecule has 0 fully saturated rings. The number of Topliss-reactive ketones (excluding diaryl/α,β-unsaturated/α-hetero) is 1. The number of anilines is 1. The van der Waals surface area contributed by atoms with E-state index < -0.39 is 48.3 Å². The summed E-state index contributed by atoms with van der Waals surface area (Å²) >= 11 is 0. The van der Waals surface area contributed by atoms with Gasteiger partial charge in [-0.05, 0) is 12.1 Å². The molecule has 9 nitrogen and oxygen atoms in total. The fraction of sp³-hybridized carbons (Fsp3) is 0. The second-order valence-electron chi connectivity index (χ2n) is 3.46. The fourth-order valence-electron chi connectivity index (χ4n) is 1.66. The minimum atomic E-state index is -5.34. The van der Waals surface area contributed by atoms with Gasteiger partial charge >= 0.3 is 65.0 Å². The van der Waals surface area contributed by atoms with Crippen molar-refractivity contribution in [1.82, 2.24) is 0 Å². The standard InChI is InChI=1S/C8H5NO8S2.2Na/c10-7-6-4(9(8(7)11)19(15,16)17)2-1-3-5(6)18(12,13)14;;/h1-3H,(H,12,13,14)(H,15,16,17);;/q;2*+1/p-2. The van der Waals surface area contributed by atoms with Gasteiger partial charge in [0.2, 0.25) is 0 Å². The summed E-state index contributed by atoms with van der Waals surface area (Å²) in [7, 11) is -10.4. The molecule has 102 valence electrons. The van der Waals surface area contributed by atoms with Crippen LogP contribution in [-0.4, -0.2) is 37.6 Å². The van der Waals surface area contributed by atoms with E-state index in [4.69, 9.17) is 0 Å². The van der Waals surface area contributed by atoms with Gasteiger partial charge < -0.3 is 9.11 Å².